The second-order valence-corrected chi connectivity index (χ2v) is 7.70. The Morgan fingerprint density at radius 3 is 2.18 bits per heavy atom. The number of aromatic nitrogens is 2. The fourth-order valence-corrected chi connectivity index (χ4v) is 3.88. The first-order valence-electron chi connectivity index (χ1n) is 11.0. The van der Waals surface area contributed by atoms with Gasteiger partial charge in [0.2, 0.25) is 5.91 Å². The van der Waals surface area contributed by atoms with Crippen molar-refractivity contribution in [3.05, 3.63) is 88.8 Å². The van der Waals surface area contributed by atoms with Crippen LogP contribution in [0, 0.1) is 0 Å². The maximum atomic E-state index is 12.7. The maximum Gasteiger partial charge on any atom is 0.329 e. The molecule has 0 saturated carbocycles. The summed E-state index contributed by atoms with van der Waals surface area (Å²) >= 11 is 0. The average Bonchev–Trinajstić information content (AvgIpc) is 3.13. The van der Waals surface area contributed by atoms with E-state index in [0.717, 1.165) is 11.0 Å². The second-order valence-electron chi connectivity index (χ2n) is 7.70. The Labute approximate surface area is 196 Å². The first-order chi connectivity index (χ1) is 16.5. The molecule has 0 saturated heterocycles. The summed E-state index contributed by atoms with van der Waals surface area (Å²) in [6.07, 6.45) is 0.146. The molecule has 1 heterocycles. The number of carbonyl (C=O) groups is 2. The molecule has 4 rings (SSSR count). The van der Waals surface area contributed by atoms with Crippen LogP contribution in [-0.2, 0) is 17.9 Å². The molecule has 0 atom stereocenters. The molecular weight excluding hydrogens is 432 g/mol. The lowest BCUT2D eigenvalue weighted by Crippen LogP contribution is -2.25. The minimum absolute atomic E-state index is 0.123. The Hall–Kier alpha value is -4.33. The number of fused-ring (bicyclic) bond motifs is 1. The van der Waals surface area contributed by atoms with Crippen LogP contribution in [0.2, 0.25) is 0 Å². The first-order valence-corrected chi connectivity index (χ1v) is 11.0. The van der Waals surface area contributed by atoms with Gasteiger partial charge in [-0.3, -0.25) is 18.7 Å². The smallest absolute Gasteiger partial charge is 0.329 e. The number of hydrogen-bond acceptors (Lipinski definition) is 4. The van der Waals surface area contributed by atoms with Crippen molar-refractivity contribution in [1.29, 1.82) is 0 Å². The number of nitrogens with one attached hydrogen (secondary N) is 2. The van der Waals surface area contributed by atoms with E-state index in [2.05, 4.69) is 10.6 Å². The molecule has 0 spiro atoms. The zero-order valence-electron chi connectivity index (χ0n) is 19.1. The highest BCUT2D eigenvalue weighted by Crippen LogP contribution is 2.24. The van der Waals surface area contributed by atoms with Crippen LogP contribution in [0.3, 0.4) is 0 Å². The van der Waals surface area contributed by atoms with E-state index in [1.54, 1.807) is 52.6 Å². The third-order valence-corrected chi connectivity index (χ3v) is 5.59. The number of carbonyl (C=O) groups excluding carboxylic acids is 2. The van der Waals surface area contributed by atoms with E-state index < -0.39 is 0 Å². The molecular formula is C26H26N4O4. The Morgan fingerprint density at radius 2 is 1.50 bits per heavy atom. The Kier molecular flexibility index (Phi) is 6.77. The van der Waals surface area contributed by atoms with Gasteiger partial charge in [-0.15, -0.1) is 0 Å². The lowest BCUT2D eigenvalue weighted by molar-refractivity contribution is -0.116. The number of benzene rings is 3. The van der Waals surface area contributed by atoms with E-state index in [4.69, 9.17) is 4.74 Å². The van der Waals surface area contributed by atoms with Crippen molar-refractivity contribution >= 4 is 34.2 Å². The van der Waals surface area contributed by atoms with Crippen LogP contribution < -0.4 is 21.1 Å². The third-order valence-electron chi connectivity index (χ3n) is 5.59. The second kappa shape index (κ2) is 10.1. The lowest BCUT2D eigenvalue weighted by atomic mass is 10.2. The summed E-state index contributed by atoms with van der Waals surface area (Å²) in [4.78, 5) is 37.8. The fourth-order valence-electron chi connectivity index (χ4n) is 3.88. The van der Waals surface area contributed by atoms with Gasteiger partial charge in [0.15, 0.2) is 0 Å². The number of rotatable bonds is 8. The highest BCUT2D eigenvalue weighted by atomic mass is 16.5. The molecule has 34 heavy (non-hydrogen) atoms. The number of hydrogen-bond donors (Lipinski definition) is 2. The van der Waals surface area contributed by atoms with Crippen LogP contribution in [0.1, 0.15) is 23.7 Å². The molecule has 3 aromatic carbocycles. The Morgan fingerprint density at radius 1 is 0.853 bits per heavy atom. The van der Waals surface area contributed by atoms with E-state index in [1.807, 2.05) is 43.3 Å². The van der Waals surface area contributed by atoms with Gasteiger partial charge in [0.1, 0.15) is 5.75 Å². The first kappa shape index (κ1) is 22.8. The topological polar surface area (TPSA) is 94.4 Å². The van der Waals surface area contributed by atoms with E-state index in [1.165, 1.54) is 0 Å². The van der Waals surface area contributed by atoms with Gasteiger partial charge >= 0.3 is 5.69 Å². The van der Waals surface area contributed by atoms with Gasteiger partial charge in [-0.05, 0) is 55.5 Å². The molecule has 0 fully saturated rings. The summed E-state index contributed by atoms with van der Waals surface area (Å²) in [5, 5.41) is 5.64. The minimum atomic E-state index is -0.283. The van der Waals surface area contributed by atoms with E-state index in [-0.39, 0.29) is 30.5 Å². The van der Waals surface area contributed by atoms with Crippen LogP contribution in [0.15, 0.2) is 77.6 Å². The molecule has 0 unspecified atom stereocenters. The van der Waals surface area contributed by atoms with Gasteiger partial charge in [-0.2, -0.15) is 0 Å². The molecule has 4 aromatic rings. The van der Waals surface area contributed by atoms with Crippen LogP contribution in [-0.4, -0.2) is 28.1 Å². The van der Waals surface area contributed by atoms with Crippen LogP contribution >= 0.6 is 0 Å². The average molecular weight is 459 g/mol. The van der Waals surface area contributed by atoms with Gasteiger partial charge in [-0.1, -0.05) is 24.3 Å². The van der Waals surface area contributed by atoms with Gasteiger partial charge in [-0.25, -0.2) is 4.79 Å². The summed E-state index contributed by atoms with van der Waals surface area (Å²) in [5.41, 5.74) is 3.14. The molecule has 8 nitrogen and oxygen atoms in total. The molecule has 8 heteroatoms. The van der Waals surface area contributed by atoms with Crippen molar-refractivity contribution in [2.24, 2.45) is 0 Å². The SMILES string of the molecule is CCn1c(=O)n(CCC(=O)Nc2ccc(C(=O)Nc3ccccc3OC)cc2)c2ccccc21. The zero-order chi connectivity index (χ0) is 24.1. The number of para-hydroxylation sites is 4. The summed E-state index contributed by atoms with van der Waals surface area (Å²) in [7, 11) is 1.54. The highest BCUT2D eigenvalue weighted by Gasteiger charge is 2.13. The molecule has 0 aliphatic rings. The molecule has 0 aliphatic carbocycles. The molecule has 0 aliphatic heterocycles. The summed E-state index contributed by atoms with van der Waals surface area (Å²) in [6, 6.07) is 21.3. The number of imidazole rings is 1. The number of nitrogens with zero attached hydrogens (tertiary/aromatic N) is 2. The van der Waals surface area contributed by atoms with Crippen LogP contribution in [0.25, 0.3) is 11.0 Å². The lowest BCUT2D eigenvalue weighted by Gasteiger charge is -2.10. The standard InChI is InChI=1S/C26H26N4O4/c1-3-29-21-9-5-6-10-22(21)30(26(29)33)17-16-24(31)27-19-14-12-18(13-15-19)25(32)28-20-8-4-7-11-23(20)34-2/h4-15H,3,16-17H2,1-2H3,(H,27,31)(H,28,32). The highest BCUT2D eigenvalue weighted by molar-refractivity contribution is 6.05. The van der Waals surface area contributed by atoms with E-state index >= 15 is 0 Å². The maximum absolute atomic E-state index is 12.7. The van der Waals surface area contributed by atoms with Crippen molar-refractivity contribution < 1.29 is 14.3 Å². The summed E-state index contributed by atoms with van der Waals surface area (Å²) in [5.74, 6) is 0.0708. The van der Waals surface area contributed by atoms with Crippen molar-refractivity contribution in [3.8, 4) is 5.75 Å². The number of anilines is 2. The number of methoxy groups -OCH3 is 1. The third kappa shape index (κ3) is 4.71. The van der Waals surface area contributed by atoms with Gasteiger partial charge < -0.3 is 15.4 Å². The van der Waals surface area contributed by atoms with Crippen molar-refractivity contribution in [3.63, 3.8) is 0 Å². The summed E-state index contributed by atoms with van der Waals surface area (Å²) in [6.45, 7) is 2.76. The van der Waals surface area contributed by atoms with Crippen molar-refractivity contribution in [2.75, 3.05) is 17.7 Å². The van der Waals surface area contributed by atoms with Crippen molar-refractivity contribution in [2.45, 2.75) is 26.4 Å². The summed E-state index contributed by atoms with van der Waals surface area (Å²) < 4.78 is 8.58. The number of amides is 2. The Balaban J connectivity index is 1.38. The molecule has 0 radical (unpaired) electrons. The van der Waals surface area contributed by atoms with Crippen LogP contribution in [0.5, 0.6) is 5.75 Å². The van der Waals surface area contributed by atoms with E-state index in [9.17, 15) is 14.4 Å². The fraction of sp³-hybridized carbons (Fsp3) is 0.192. The molecule has 2 N–H and O–H groups in total. The molecule has 1 aromatic heterocycles. The molecule has 0 bridgehead atoms. The zero-order valence-corrected chi connectivity index (χ0v) is 19.1. The van der Waals surface area contributed by atoms with Crippen LogP contribution in [0.4, 0.5) is 11.4 Å². The number of ether oxygens (including phenoxy) is 1. The Bertz CT molecular complexity index is 1390. The van der Waals surface area contributed by atoms with E-state index in [0.29, 0.717) is 29.2 Å². The quantitative estimate of drug-likeness (QED) is 0.415. The monoisotopic (exact) mass is 458 g/mol. The largest absolute Gasteiger partial charge is 0.495 e. The predicted molar refractivity (Wildman–Crippen MR) is 133 cm³/mol. The number of aryl methyl sites for hydroxylation is 2. The molecule has 174 valence electrons. The van der Waals surface area contributed by atoms with Gasteiger partial charge in [0.05, 0.1) is 23.8 Å². The normalized spacial score (nSPS) is 10.8. The van der Waals surface area contributed by atoms with Gasteiger partial charge in [0.25, 0.3) is 5.91 Å². The van der Waals surface area contributed by atoms with Crippen molar-refractivity contribution in [1.82, 2.24) is 9.13 Å². The van der Waals surface area contributed by atoms with Gasteiger partial charge in [0, 0.05) is 30.8 Å². The molecule has 2 amide bonds. The predicted octanol–water partition coefficient (Wildman–Crippen LogP) is 4.11. The minimum Gasteiger partial charge on any atom is -0.495 e.